The highest BCUT2D eigenvalue weighted by molar-refractivity contribution is 9.11. The molecule has 19 heavy (non-hydrogen) atoms. The maximum absolute atomic E-state index is 11.9. The van der Waals surface area contributed by atoms with E-state index in [0.29, 0.717) is 5.57 Å². The summed E-state index contributed by atoms with van der Waals surface area (Å²) in [6.45, 7) is 2.12. The van der Waals surface area contributed by atoms with Crippen LogP contribution in [0.25, 0.3) is 5.57 Å². The molecule has 3 nitrogen and oxygen atoms in total. The van der Waals surface area contributed by atoms with Gasteiger partial charge in [0.15, 0.2) is 0 Å². The molecule has 0 unspecified atom stereocenters. The first kappa shape index (κ1) is 15.8. The van der Waals surface area contributed by atoms with Gasteiger partial charge in [-0.25, -0.2) is 4.79 Å². The van der Waals surface area contributed by atoms with Gasteiger partial charge in [-0.15, -0.1) is 0 Å². The molecular formula is C15H19BrO3. The normalized spacial score (nSPS) is 11.8. The van der Waals surface area contributed by atoms with E-state index >= 15 is 0 Å². The highest BCUT2D eigenvalue weighted by atomic mass is 79.9. The first-order valence-corrected chi connectivity index (χ1v) is 7.04. The molecule has 0 atom stereocenters. The van der Waals surface area contributed by atoms with Crippen molar-refractivity contribution in [3.63, 3.8) is 0 Å². The van der Waals surface area contributed by atoms with Gasteiger partial charge in [-0.1, -0.05) is 41.4 Å². The van der Waals surface area contributed by atoms with Crippen LogP contribution < -0.4 is 4.74 Å². The lowest BCUT2D eigenvalue weighted by Crippen LogP contribution is -2.05. The number of carbonyl (C=O) groups is 1. The quantitative estimate of drug-likeness (QED) is 0.581. The van der Waals surface area contributed by atoms with Gasteiger partial charge in [0.1, 0.15) is 5.75 Å². The number of esters is 1. The van der Waals surface area contributed by atoms with Gasteiger partial charge in [0, 0.05) is 4.48 Å². The van der Waals surface area contributed by atoms with Crippen molar-refractivity contribution in [2.75, 3.05) is 14.2 Å². The molecule has 0 bridgehead atoms. The van der Waals surface area contributed by atoms with Crippen LogP contribution in [0.1, 0.15) is 31.7 Å². The Morgan fingerprint density at radius 2 is 1.84 bits per heavy atom. The molecule has 4 heteroatoms. The summed E-state index contributed by atoms with van der Waals surface area (Å²) in [6, 6.07) is 7.38. The predicted molar refractivity (Wildman–Crippen MR) is 80.4 cm³/mol. The highest BCUT2D eigenvalue weighted by Crippen LogP contribution is 2.29. The van der Waals surface area contributed by atoms with Crippen molar-refractivity contribution in [3.8, 4) is 5.75 Å². The molecule has 0 fully saturated rings. The second-order valence-corrected chi connectivity index (χ2v) is 5.06. The second kappa shape index (κ2) is 8.00. The number of benzene rings is 1. The number of allylic oxidation sites excluding steroid dienone is 1. The standard InChI is InChI=1S/C15H19BrO3/c1-4-5-6-13(16)14(15(17)19-3)11-7-9-12(18-2)10-8-11/h7-10H,4-6H2,1-3H3/b14-13+. The monoisotopic (exact) mass is 326 g/mol. The average molecular weight is 327 g/mol. The van der Waals surface area contributed by atoms with Crippen molar-refractivity contribution in [2.45, 2.75) is 26.2 Å². The molecule has 1 aromatic carbocycles. The minimum absolute atomic E-state index is 0.326. The van der Waals surface area contributed by atoms with Crippen LogP contribution in [-0.4, -0.2) is 20.2 Å². The molecule has 0 saturated carbocycles. The van der Waals surface area contributed by atoms with Gasteiger partial charge in [0.25, 0.3) is 0 Å². The van der Waals surface area contributed by atoms with Gasteiger partial charge in [-0.05, 0) is 30.5 Å². The zero-order valence-electron chi connectivity index (χ0n) is 11.5. The summed E-state index contributed by atoms with van der Waals surface area (Å²) in [6.07, 6.45) is 2.93. The van der Waals surface area contributed by atoms with Crippen LogP contribution in [0.3, 0.4) is 0 Å². The first-order valence-electron chi connectivity index (χ1n) is 6.25. The summed E-state index contributed by atoms with van der Waals surface area (Å²) >= 11 is 3.51. The van der Waals surface area contributed by atoms with E-state index in [-0.39, 0.29) is 5.97 Å². The Bertz CT molecular complexity index is 449. The topological polar surface area (TPSA) is 35.5 Å². The van der Waals surface area contributed by atoms with Gasteiger partial charge in [0.05, 0.1) is 19.8 Å². The first-order chi connectivity index (χ1) is 9.13. The minimum atomic E-state index is -0.326. The number of halogens is 1. The Morgan fingerprint density at radius 3 is 2.32 bits per heavy atom. The third kappa shape index (κ3) is 4.39. The molecule has 0 N–H and O–H groups in total. The Kier molecular flexibility index (Phi) is 6.64. The van der Waals surface area contributed by atoms with Crippen LogP contribution in [0.2, 0.25) is 0 Å². The van der Waals surface area contributed by atoms with Crippen LogP contribution in [0.5, 0.6) is 5.75 Å². The average Bonchev–Trinajstić information content (AvgIpc) is 2.45. The fraction of sp³-hybridized carbons (Fsp3) is 0.400. The third-order valence-electron chi connectivity index (χ3n) is 2.79. The number of rotatable bonds is 6. The molecule has 1 rings (SSSR count). The van der Waals surface area contributed by atoms with Crippen molar-refractivity contribution >= 4 is 27.5 Å². The summed E-state index contributed by atoms with van der Waals surface area (Å²) < 4.78 is 10.9. The summed E-state index contributed by atoms with van der Waals surface area (Å²) in [5.74, 6) is 0.436. The smallest absolute Gasteiger partial charge is 0.339 e. The van der Waals surface area contributed by atoms with Gasteiger partial charge in [-0.2, -0.15) is 0 Å². The van der Waals surface area contributed by atoms with E-state index < -0.39 is 0 Å². The lowest BCUT2D eigenvalue weighted by atomic mass is 10.0. The van der Waals surface area contributed by atoms with Crippen molar-refractivity contribution < 1.29 is 14.3 Å². The summed E-state index contributed by atoms with van der Waals surface area (Å²) in [7, 11) is 3.01. The van der Waals surface area contributed by atoms with Gasteiger partial charge < -0.3 is 9.47 Å². The number of unbranched alkanes of at least 4 members (excludes halogenated alkanes) is 1. The minimum Gasteiger partial charge on any atom is -0.497 e. The largest absolute Gasteiger partial charge is 0.497 e. The zero-order valence-corrected chi connectivity index (χ0v) is 13.1. The van der Waals surface area contributed by atoms with E-state index in [0.717, 1.165) is 35.1 Å². The number of ether oxygens (including phenoxy) is 2. The van der Waals surface area contributed by atoms with Crippen LogP contribution in [-0.2, 0) is 9.53 Å². The van der Waals surface area contributed by atoms with Gasteiger partial charge in [0.2, 0.25) is 0 Å². The van der Waals surface area contributed by atoms with Crippen molar-refractivity contribution in [1.82, 2.24) is 0 Å². The number of methoxy groups -OCH3 is 2. The third-order valence-corrected chi connectivity index (χ3v) is 3.58. The van der Waals surface area contributed by atoms with E-state index in [1.54, 1.807) is 7.11 Å². The SMILES string of the molecule is CCCC/C(Br)=C(\C(=O)OC)c1ccc(OC)cc1. The Morgan fingerprint density at radius 1 is 1.21 bits per heavy atom. The summed E-state index contributed by atoms with van der Waals surface area (Å²) in [5, 5.41) is 0. The van der Waals surface area contributed by atoms with Crippen molar-refractivity contribution in [1.29, 1.82) is 0 Å². The van der Waals surface area contributed by atoms with E-state index in [2.05, 4.69) is 22.9 Å². The predicted octanol–water partition coefficient (Wildman–Crippen LogP) is 4.16. The number of hydrogen-bond acceptors (Lipinski definition) is 3. The molecule has 0 aliphatic heterocycles. The molecule has 0 radical (unpaired) electrons. The Labute approximate surface area is 122 Å². The molecule has 0 aliphatic carbocycles. The van der Waals surface area contributed by atoms with E-state index in [9.17, 15) is 4.79 Å². The molecule has 0 heterocycles. The van der Waals surface area contributed by atoms with E-state index in [4.69, 9.17) is 9.47 Å². The fourth-order valence-corrected chi connectivity index (χ4v) is 2.37. The Balaban J connectivity index is 3.11. The van der Waals surface area contributed by atoms with Crippen molar-refractivity contribution in [3.05, 3.63) is 34.3 Å². The lowest BCUT2D eigenvalue weighted by Gasteiger charge is -2.10. The molecule has 0 saturated heterocycles. The lowest BCUT2D eigenvalue weighted by molar-refractivity contribution is -0.133. The number of carbonyl (C=O) groups excluding carboxylic acids is 1. The zero-order chi connectivity index (χ0) is 14.3. The maximum atomic E-state index is 11.9. The van der Waals surface area contributed by atoms with Crippen LogP contribution in [0.4, 0.5) is 0 Å². The summed E-state index contributed by atoms with van der Waals surface area (Å²) in [4.78, 5) is 11.9. The molecule has 0 aliphatic rings. The molecular weight excluding hydrogens is 308 g/mol. The molecule has 0 amide bonds. The second-order valence-electron chi connectivity index (χ2n) is 4.10. The van der Waals surface area contributed by atoms with E-state index in [1.807, 2.05) is 24.3 Å². The van der Waals surface area contributed by atoms with Gasteiger partial charge >= 0.3 is 5.97 Å². The van der Waals surface area contributed by atoms with Crippen LogP contribution in [0, 0.1) is 0 Å². The molecule has 104 valence electrons. The van der Waals surface area contributed by atoms with Gasteiger partial charge in [-0.3, -0.25) is 0 Å². The molecule has 0 aromatic heterocycles. The highest BCUT2D eigenvalue weighted by Gasteiger charge is 2.16. The van der Waals surface area contributed by atoms with Crippen LogP contribution in [0.15, 0.2) is 28.7 Å². The number of hydrogen-bond donors (Lipinski definition) is 0. The van der Waals surface area contributed by atoms with Crippen molar-refractivity contribution in [2.24, 2.45) is 0 Å². The Hall–Kier alpha value is -1.29. The maximum Gasteiger partial charge on any atom is 0.339 e. The molecule has 0 spiro atoms. The van der Waals surface area contributed by atoms with E-state index in [1.165, 1.54) is 7.11 Å². The molecule has 1 aromatic rings. The fourth-order valence-electron chi connectivity index (χ4n) is 1.70. The van der Waals surface area contributed by atoms with Crippen LogP contribution >= 0.6 is 15.9 Å². The summed E-state index contributed by atoms with van der Waals surface area (Å²) in [5.41, 5.74) is 1.41.